The Morgan fingerprint density at radius 3 is 2.86 bits per heavy atom. The highest BCUT2D eigenvalue weighted by Gasteiger charge is 2.08. The number of benzene rings is 1. The van der Waals surface area contributed by atoms with Crippen LogP contribution in [-0.2, 0) is 0 Å². The summed E-state index contributed by atoms with van der Waals surface area (Å²) in [5.74, 6) is 0.983. The van der Waals surface area contributed by atoms with Gasteiger partial charge in [0.05, 0.1) is 0 Å². The van der Waals surface area contributed by atoms with Gasteiger partial charge in [0.1, 0.15) is 11.6 Å². The van der Waals surface area contributed by atoms with E-state index < -0.39 is 0 Å². The van der Waals surface area contributed by atoms with Crippen LogP contribution in [0.2, 0.25) is 5.02 Å². The van der Waals surface area contributed by atoms with Gasteiger partial charge < -0.3 is 10.4 Å². The fraction of sp³-hybridized carbons (Fsp3) is 0.300. The Morgan fingerprint density at radius 2 is 2.21 bits per heavy atom. The summed E-state index contributed by atoms with van der Waals surface area (Å²) in [6.07, 6.45) is 1.05. The second kappa shape index (κ2) is 3.88. The fourth-order valence-corrected chi connectivity index (χ4v) is 1.67. The van der Waals surface area contributed by atoms with Crippen LogP contribution in [0.4, 0.5) is 0 Å². The van der Waals surface area contributed by atoms with Crippen LogP contribution < -0.4 is 5.32 Å². The Bertz CT molecular complexity index is 356. The van der Waals surface area contributed by atoms with Crippen LogP contribution in [0.5, 0.6) is 5.75 Å². The lowest BCUT2D eigenvalue weighted by Crippen LogP contribution is -2.30. The molecule has 0 atom stereocenters. The first-order chi connectivity index (χ1) is 6.75. The van der Waals surface area contributed by atoms with Gasteiger partial charge in [-0.15, -0.1) is 0 Å². The molecule has 0 spiro atoms. The molecule has 1 heterocycles. The monoisotopic (exact) mass is 210 g/mol. The van der Waals surface area contributed by atoms with Crippen molar-refractivity contribution in [3.05, 3.63) is 28.8 Å². The van der Waals surface area contributed by atoms with Gasteiger partial charge in [-0.2, -0.15) is 0 Å². The number of amidine groups is 1. The number of hydrogen-bond donors (Lipinski definition) is 2. The minimum atomic E-state index is 0.169. The summed E-state index contributed by atoms with van der Waals surface area (Å²) in [5.41, 5.74) is 0.842. The molecule has 0 amide bonds. The topological polar surface area (TPSA) is 44.6 Å². The highest BCUT2D eigenvalue weighted by atomic mass is 35.5. The SMILES string of the molecule is Oc1cc(Cl)cc(C2=NCCCN2)c1. The summed E-state index contributed by atoms with van der Waals surface area (Å²) in [4.78, 5) is 4.32. The van der Waals surface area contributed by atoms with Gasteiger partial charge in [-0.1, -0.05) is 11.6 Å². The van der Waals surface area contributed by atoms with Crippen molar-refractivity contribution >= 4 is 17.4 Å². The van der Waals surface area contributed by atoms with E-state index in [1.165, 1.54) is 6.07 Å². The largest absolute Gasteiger partial charge is 0.508 e. The Labute approximate surface area is 87.4 Å². The predicted octanol–water partition coefficient (Wildman–Crippen LogP) is 1.79. The van der Waals surface area contributed by atoms with E-state index in [2.05, 4.69) is 10.3 Å². The Hall–Kier alpha value is -1.22. The van der Waals surface area contributed by atoms with Gasteiger partial charge in [-0.3, -0.25) is 4.99 Å². The second-order valence-electron chi connectivity index (χ2n) is 3.21. The number of nitrogens with zero attached hydrogens (tertiary/aromatic N) is 1. The minimum Gasteiger partial charge on any atom is -0.508 e. The molecule has 0 saturated carbocycles. The number of phenolic OH excluding ortho intramolecular Hbond substituents is 1. The quantitative estimate of drug-likeness (QED) is 0.742. The first-order valence-electron chi connectivity index (χ1n) is 4.54. The highest BCUT2D eigenvalue weighted by molar-refractivity contribution is 6.31. The molecular formula is C10H11ClN2O. The molecule has 0 unspecified atom stereocenters. The van der Waals surface area contributed by atoms with Crippen LogP contribution in [0.3, 0.4) is 0 Å². The van der Waals surface area contributed by atoms with Crippen molar-refractivity contribution in [1.82, 2.24) is 5.32 Å². The van der Waals surface area contributed by atoms with Crippen LogP contribution in [-0.4, -0.2) is 24.0 Å². The summed E-state index contributed by atoms with van der Waals surface area (Å²) in [7, 11) is 0. The zero-order valence-electron chi connectivity index (χ0n) is 7.63. The van der Waals surface area contributed by atoms with Crippen molar-refractivity contribution in [3.8, 4) is 5.75 Å². The standard InChI is InChI=1S/C10H11ClN2O/c11-8-4-7(5-9(14)6-8)10-12-2-1-3-13-10/h4-6,14H,1-3H2,(H,12,13). The maximum Gasteiger partial charge on any atom is 0.128 e. The molecule has 0 fully saturated rings. The van der Waals surface area contributed by atoms with Crippen LogP contribution >= 0.6 is 11.6 Å². The molecule has 2 N–H and O–H groups in total. The average molecular weight is 211 g/mol. The first kappa shape index (κ1) is 9.34. The van der Waals surface area contributed by atoms with Gasteiger partial charge >= 0.3 is 0 Å². The number of aliphatic imine (C=N–C) groups is 1. The molecule has 14 heavy (non-hydrogen) atoms. The number of nitrogens with one attached hydrogen (secondary N) is 1. The Balaban J connectivity index is 2.35. The normalized spacial score (nSPS) is 15.9. The summed E-state index contributed by atoms with van der Waals surface area (Å²) in [6.45, 7) is 1.75. The molecule has 0 saturated heterocycles. The molecule has 1 aliphatic rings. The molecule has 1 aromatic rings. The number of aromatic hydroxyl groups is 1. The molecule has 2 rings (SSSR count). The highest BCUT2D eigenvalue weighted by Crippen LogP contribution is 2.20. The average Bonchev–Trinajstić information content (AvgIpc) is 2.18. The maximum absolute atomic E-state index is 9.36. The third-order valence-electron chi connectivity index (χ3n) is 2.05. The summed E-state index contributed by atoms with van der Waals surface area (Å²) >= 11 is 5.83. The summed E-state index contributed by atoms with van der Waals surface area (Å²) < 4.78 is 0. The van der Waals surface area contributed by atoms with Crippen LogP contribution in [0.25, 0.3) is 0 Å². The Morgan fingerprint density at radius 1 is 1.36 bits per heavy atom. The number of hydrogen-bond acceptors (Lipinski definition) is 3. The van der Waals surface area contributed by atoms with Crippen molar-refractivity contribution in [2.45, 2.75) is 6.42 Å². The van der Waals surface area contributed by atoms with Crippen LogP contribution in [0, 0.1) is 0 Å². The molecular weight excluding hydrogens is 200 g/mol. The van der Waals surface area contributed by atoms with Gasteiger partial charge in [0.15, 0.2) is 0 Å². The van der Waals surface area contributed by atoms with E-state index in [9.17, 15) is 5.11 Å². The van der Waals surface area contributed by atoms with Crippen molar-refractivity contribution in [3.63, 3.8) is 0 Å². The fourth-order valence-electron chi connectivity index (χ4n) is 1.44. The minimum absolute atomic E-state index is 0.169. The lowest BCUT2D eigenvalue weighted by atomic mass is 10.1. The van der Waals surface area contributed by atoms with Crippen molar-refractivity contribution in [2.75, 3.05) is 13.1 Å². The van der Waals surface area contributed by atoms with Gasteiger partial charge in [0.2, 0.25) is 0 Å². The van der Waals surface area contributed by atoms with Gasteiger partial charge in [-0.25, -0.2) is 0 Å². The lowest BCUT2D eigenvalue weighted by molar-refractivity contribution is 0.475. The van der Waals surface area contributed by atoms with E-state index in [1.54, 1.807) is 12.1 Å². The van der Waals surface area contributed by atoms with Gasteiger partial charge in [0.25, 0.3) is 0 Å². The first-order valence-corrected chi connectivity index (χ1v) is 4.92. The number of rotatable bonds is 1. The molecule has 1 aliphatic heterocycles. The number of halogens is 1. The lowest BCUT2D eigenvalue weighted by Gasteiger charge is -2.14. The van der Waals surface area contributed by atoms with E-state index >= 15 is 0 Å². The molecule has 74 valence electrons. The molecule has 4 heteroatoms. The van der Waals surface area contributed by atoms with Gasteiger partial charge in [-0.05, 0) is 24.6 Å². The van der Waals surface area contributed by atoms with Gasteiger partial charge in [0, 0.05) is 23.7 Å². The molecule has 3 nitrogen and oxygen atoms in total. The Kier molecular flexibility index (Phi) is 2.59. The van der Waals surface area contributed by atoms with Crippen molar-refractivity contribution < 1.29 is 5.11 Å². The molecule has 0 aromatic heterocycles. The van der Waals surface area contributed by atoms with Crippen LogP contribution in [0.15, 0.2) is 23.2 Å². The van der Waals surface area contributed by atoms with E-state index in [1.807, 2.05) is 0 Å². The zero-order chi connectivity index (χ0) is 9.97. The molecule has 0 radical (unpaired) electrons. The molecule has 1 aromatic carbocycles. The molecule has 0 aliphatic carbocycles. The molecule has 0 bridgehead atoms. The zero-order valence-corrected chi connectivity index (χ0v) is 8.38. The van der Waals surface area contributed by atoms with Crippen LogP contribution in [0.1, 0.15) is 12.0 Å². The van der Waals surface area contributed by atoms with E-state index in [0.717, 1.165) is 30.9 Å². The summed E-state index contributed by atoms with van der Waals surface area (Å²) in [5, 5.41) is 13.1. The third-order valence-corrected chi connectivity index (χ3v) is 2.27. The third kappa shape index (κ3) is 1.99. The maximum atomic E-state index is 9.36. The van der Waals surface area contributed by atoms with E-state index in [4.69, 9.17) is 11.6 Å². The smallest absolute Gasteiger partial charge is 0.128 e. The van der Waals surface area contributed by atoms with E-state index in [0.29, 0.717) is 5.02 Å². The van der Waals surface area contributed by atoms with E-state index in [-0.39, 0.29) is 5.75 Å². The predicted molar refractivity (Wildman–Crippen MR) is 57.1 cm³/mol. The summed E-state index contributed by atoms with van der Waals surface area (Å²) in [6, 6.07) is 4.95. The second-order valence-corrected chi connectivity index (χ2v) is 3.65. The van der Waals surface area contributed by atoms with Crippen molar-refractivity contribution in [1.29, 1.82) is 0 Å². The number of phenols is 1. The van der Waals surface area contributed by atoms with Crippen molar-refractivity contribution in [2.24, 2.45) is 4.99 Å².